The number of nitrogens with zero attached hydrogens (tertiary/aromatic N) is 1. The predicted molar refractivity (Wildman–Crippen MR) is 79.7 cm³/mol. The topological polar surface area (TPSA) is 12.5 Å². The first kappa shape index (κ1) is 13.3. The van der Waals surface area contributed by atoms with Crippen LogP contribution in [0.25, 0.3) is 0 Å². The Morgan fingerprint density at radius 2 is 2.00 bits per heavy atom. The number of alkyl halides is 1. The molecule has 0 aliphatic carbocycles. The van der Waals surface area contributed by atoms with Crippen LogP contribution in [-0.4, -0.2) is 29.2 Å². The predicted octanol–water partition coefficient (Wildman–Crippen LogP) is 3.57. The van der Waals surface area contributed by atoms with E-state index in [9.17, 15) is 0 Å². The van der Waals surface area contributed by atoms with Gasteiger partial charge >= 0.3 is 0 Å². The quantitative estimate of drug-likeness (QED) is 0.462. The first-order valence-electron chi connectivity index (χ1n) is 6.14. The molecule has 2 nitrogen and oxygen atoms in total. The van der Waals surface area contributed by atoms with E-state index in [1.165, 1.54) is 11.1 Å². The van der Waals surface area contributed by atoms with Crippen molar-refractivity contribution in [2.75, 3.05) is 20.3 Å². The Bertz CT molecular complexity index is 380. The SMILES string of the molecule is CC(C)c1ccccc1C1COCC(I)N1C. The number of benzene rings is 1. The molecule has 1 fully saturated rings. The number of rotatable bonds is 2. The van der Waals surface area contributed by atoms with Crippen LogP contribution in [0.5, 0.6) is 0 Å². The minimum absolute atomic E-state index is 0.393. The Kier molecular flexibility index (Phi) is 4.44. The second-order valence-electron chi connectivity index (χ2n) is 4.94. The highest BCUT2D eigenvalue weighted by Crippen LogP contribution is 2.32. The van der Waals surface area contributed by atoms with Crippen molar-refractivity contribution in [2.24, 2.45) is 0 Å². The van der Waals surface area contributed by atoms with Crippen LogP contribution >= 0.6 is 22.6 Å². The second kappa shape index (κ2) is 5.67. The zero-order valence-corrected chi connectivity index (χ0v) is 12.8. The summed E-state index contributed by atoms with van der Waals surface area (Å²) in [5, 5.41) is 0. The molecular weight excluding hydrogens is 325 g/mol. The standard InChI is InChI=1S/C14H20INO/c1-10(2)11-6-4-5-7-12(11)13-8-17-9-14(15)16(13)3/h4-7,10,13-14H,8-9H2,1-3H3. The molecule has 2 unspecified atom stereocenters. The summed E-state index contributed by atoms with van der Waals surface area (Å²) in [6.07, 6.45) is 0. The highest BCUT2D eigenvalue weighted by atomic mass is 127. The molecule has 0 spiro atoms. The fraction of sp³-hybridized carbons (Fsp3) is 0.571. The fourth-order valence-electron chi connectivity index (χ4n) is 2.36. The van der Waals surface area contributed by atoms with Crippen molar-refractivity contribution >= 4 is 22.6 Å². The van der Waals surface area contributed by atoms with Crippen LogP contribution in [0.2, 0.25) is 0 Å². The van der Waals surface area contributed by atoms with Crippen LogP contribution < -0.4 is 0 Å². The molecule has 1 heterocycles. The lowest BCUT2D eigenvalue weighted by Gasteiger charge is -2.38. The second-order valence-corrected chi connectivity index (χ2v) is 6.37. The molecule has 0 bridgehead atoms. The van der Waals surface area contributed by atoms with Crippen LogP contribution in [0.1, 0.15) is 36.9 Å². The van der Waals surface area contributed by atoms with Gasteiger partial charge in [0, 0.05) is 0 Å². The zero-order chi connectivity index (χ0) is 12.4. The van der Waals surface area contributed by atoms with E-state index in [0.29, 0.717) is 16.0 Å². The Balaban J connectivity index is 2.32. The molecule has 0 aromatic heterocycles. The summed E-state index contributed by atoms with van der Waals surface area (Å²) < 4.78 is 6.17. The van der Waals surface area contributed by atoms with Crippen molar-refractivity contribution in [3.63, 3.8) is 0 Å². The maximum Gasteiger partial charge on any atom is 0.0859 e. The maximum atomic E-state index is 5.70. The van der Waals surface area contributed by atoms with E-state index in [0.717, 1.165) is 13.2 Å². The van der Waals surface area contributed by atoms with Crippen LogP contribution in [0.15, 0.2) is 24.3 Å². The van der Waals surface area contributed by atoms with Crippen LogP contribution in [0, 0.1) is 0 Å². The third-order valence-corrected chi connectivity index (χ3v) is 4.68. The molecule has 1 aliphatic heterocycles. The summed E-state index contributed by atoms with van der Waals surface area (Å²) in [5.74, 6) is 0.564. The Morgan fingerprint density at radius 3 is 2.71 bits per heavy atom. The number of ether oxygens (including phenoxy) is 1. The van der Waals surface area contributed by atoms with E-state index in [1.807, 2.05) is 0 Å². The van der Waals surface area contributed by atoms with E-state index in [1.54, 1.807) is 0 Å². The van der Waals surface area contributed by atoms with Gasteiger partial charge in [-0.25, -0.2) is 0 Å². The van der Waals surface area contributed by atoms with Gasteiger partial charge in [0.15, 0.2) is 0 Å². The lowest BCUT2D eigenvalue weighted by atomic mass is 9.92. The van der Waals surface area contributed by atoms with Crippen molar-refractivity contribution in [3.05, 3.63) is 35.4 Å². The first-order valence-corrected chi connectivity index (χ1v) is 7.38. The van der Waals surface area contributed by atoms with Gasteiger partial charge in [0.05, 0.1) is 23.3 Å². The molecule has 0 N–H and O–H groups in total. The lowest BCUT2D eigenvalue weighted by Crippen LogP contribution is -2.41. The molecule has 1 aromatic carbocycles. The van der Waals surface area contributed by atoms with Gasteiger partial charge in [-0.1, -0.05) is 60.7 Å². The average Bonchev–Trinajstić information content (AvgIpc) is 2.33. The van der Waals surface area contributed by atoms with Crippen LogP contribution in [0.4, 0.5) is 0 Å². The van der Waals surface area contributed by atoms with E-state index in [4.69, 9.17) is 4.74 Å². The third-order valence-electron chi connectivity index (χ3n) is 3.44. The third kappa shape index (κ3) is 2.83. The van der Waals surface area contributed by atoms with Crippen molar-refractivity contribution in [1.29, 1.82) is 0 Å². The van der Waals surface area contributed by atoms with Crippen LogP contribution in [0.3, 0.4) is 0 Å². The summed E-state index contributed by atoms with van der Waals surface area (Å²) in [5.41, 5.74) is 2.87. The number of morpholine rings is 1. The Hall–Kier alpha value is -0.130. The monoisotopic (exact) mass is 345 g/mol. The summed E-state index contributed by atoms with van der Waals surface area (Å²) in [6, 6.07) is 9.14. The van der Waals surface area contributed by atoms with Gasteiger partial charge in [0.25, 0.3) is 0 Å². The van der Waals surface area contributed by atoms with E-state index in [2.05, 4.69) is 72.7 Å². The lowest BCUT2D eigenvalue weighted by molar-refractivity contribution is -0.00220. The van der Waals surface area contributed by atoms with Crippen molar-refractivity contribution in [1.82, 2.24) is 4.90 Å². The van der Waals surface area contributed by atoms with Crippen molar-refractivity contribution in [2.45, 2.75) is 29.9 Å². The van der Waals surface area contributed by atoms with Gasteiger partial charge in [-0.3, -0.25) is 4.90 Å². The Morgan fingerprint density at radius 1 is 1.29 bits per heavy atom. The molecule has 17 heavy (non-hydrogen) atoms. The molecule has 0 radical (unpaired) electrons. The van der Waals surface area contributed by atoms with Gasteiger partial charge in [-0.2, -0.15) is 0 Å². The fourth-order valence-corrected chi connectivity index (χ4v) is 3.00. The van der Waals surface area contributed by atoms with E-state index >= 15 is 0 Å². The largest absolute Gasteiger partial charge is 0.377 e. The summed E-state index contributed by atoms with van der Waals surface area (Å²) in [4.78, 5) is 2.42. The van der Waals surface area contributed by atoms with Gasteiger partial charge in [-0.05, 0) is 24.1 Å². The normalized spacial score (nSPS) is 26.4. The van der Waals surface area contributed by atoms with Crippen molar-refractivity contribution < 1.29 is 4.74 Å². The highest BCUT2D eigenvalue weighted by Gasteiger charge is 2.29. The van der Waals surface area contributed by atoms with Gasteiger partial charge in [0.1, 0.15) is 0 Å². The molecule has 0 amide bonds. The Labute approximate surface area is 117 Å². The summed E-state index contributed by atoms with van der Waals surface area (Å²) >= 11 is 2.45. The molecular formula is C14H20INO. The summed E-state index contributed by atoms with van der Waals surface area (Å²) in [6.45, 7) is 6.14. The minimum Gasteiger partial charge on any atom is -0.377 e. The van der Waals surface area contributed by atoms with E-state index in [-0.39, 0.29) is 0 Å². The van der Waals surface area contributed by atoms with Crippen molar-refractivity contribution in [3.8, 4) is 0 Å². The van der Waals surface area contributed by atoms with Gasteiger partial charge in [-0.15, -0.1) is 0 Å². The summed E-state index contributed by atoms with van der Waals surface area (Å²) in [7, 11) is 2.20. The average molecular weight is 345 g/mol. The zero-order valence-electron chi connectivity index (χ0n) is 10.7. The maximum absolute atomic E-state index is 5.70. The molecule has 0 saturated carbocycles. The smallest absolute Gasteiger partial charge is 0.0859 e. The molecule has 3 heteroatoms. The first-order chi connectivity index (χ1) is 8.11. The van der Waals surface area contributed by atoms with Crippen LogP contribution in [-0.2, 0) is 4.74 Å². The highest BCUT2D eigenvalue weighted by molar-refractivity contribution is 14.1. The molecule has 2 rings (SSSR count). The van der Waals surface area contributed by atoms with E-state index < -0.39 is 0 Å². The minimum atomic E-state index is 0.393. The van der Waals surface area contributed by atoms with Gasteiger partial charge < -0.3 is 4.74 Å². The van der Waals surface area contributed by atoms with Gasteiger partial charge in [0.2, 0.25) is 0 Å². The molecule has 2 atom stereocenters. The molecule has 1 aliphatic rings. The molecule has 1 saturated heterocycles. The number of halogens is 1. The number of hydrogen-bond donors (Lipinski definition) is 0. The number of likely N-dealkylation sites (N-methyl/N-ethyl adjacent to an activating group) is 1. The number of hydrogen-bond acceptors (Lipinski definition) is 2. The molecule has 94 valence electrons. The molecule has 1 aromatic rings.